The highest BCUT2D eigenvalue weighted by Crippen LogP contribution is 2.41. The van der Waals surface area contributed by atoms with Crippen molar-refractivity contribution in [1.29, 1.82) is 0 Å². The molecular formula is C35H27BrN2O3S. The van der Waals surface area contributed by atoms with Gasteiger partial charge in [0.15, 0.2) is 16.3 Å². The third-order valence-corrected chi connectivity index (χ3v) is 9.29. The number of rotatable bonds is 6. The van der Waals surface area contributed by atoms with Gasteiger partial charge >= 0.3 is 0 Å². The molecule has 1 aliphatic carbocycles. The Morgan fingerprint density at radius 3 is 2.55 bits per heavy atom. The Kier molecular flexibility index (Phi) is 7.14. The molecule has 1 aromatic heterocycles. The summed E-state index contributed by atoms with van der Waals surface area (Å²) < 4.78 is 15.2. The number of methoxy groups -OCH3 is 1. The van der Waals surface area contributed by atoms with E-state index in [1.807, 2.05) is 71.3 Å². The number of hydrogen-bond donors (Lipinski definition) is 0. The van der Waals surface area contributed by atoms with Gasteiger partial charge in [-0.2, -0.15) is 0 Å². The van der Waals surface area contributed by atoms with E-state index in [1.54, 1.807) is 7.11 Å². The zero-order chi connectivity index (χ0) is 28.6. The number of ether oxygens (including phenoxy) is 2. The zero-order valence-corrected chi connectivity index (χ0v) is 25.3. The van der Waals surface area contributed by atoms with Gasteiger partial charge in [0.25, 0.3) is 5.56 Å². The van der Waals surface area contributed by atoms with Crippen LogP contribution in [0.2, 0.25) is 0 Å². The highest BCUT2D eigenvalue weighted by Gasteiger charge is 2.32. The van der Waals surface area contributed by atoms with Crippen molar-refractivity contribution in [3.8, 4) is 11.5 Å². The van der Waals surface area contributed by atoms with Crippen molar-refractivity contribution in [3.63, 3.8) is 0 Å². The van der Waals surface area contributed by atoms with Crippen molar-refractivity contribution in [1.82, 2.24) is 4.57 Å². The van der Waals surface area contributed by atoms with Crippen molar-refractivity contribution in [2.45, 2.75) is 25.5 Å². The first-order chi connectivity index (χ1) is 20.6. The number of aryl methyl sites for hydroxylation is 1. The van der Waals surface area contributed by atoms with Gasteiger partial charge in [-0.1, -0.05) is 100 Å². The summed E-state index contributed by atoms with van der Waals surface area (Å²) in [5.41, 5.74) is 7.63. The topological polar surface area (TPSA) is 52.8 Å². The lowest BCUT2D eigenvalue weighted by Gasteiger charge is -2.30. The van der Waals surface area contributed by atoms with Gasteiger partial charge in [0, 0.05) is 10.0 Å². The Hall–Kier alpha value is -4.20. The molecule has 0 saturated carbocycles. The van der Waals surface area contributed by atoms with Crippen LogP contribution in [0.5, 0.6) is 11.5 Å². The molecule has 0 spiro atoms. The van der Waals surface area contributed by atoms with Gasteiger partial charge in [0.2, 0.25) is 0 Å². The van der Waals surface area contributed by atoms with Crippen molar-refractivity contribution < 1.29 is 9.47 Å². The monoisotopic (exact) mass is 634 g/mol. The summed E-state index contributed by atoms with van der Waals surface area (Å²) in [4.78, 5) is 19.9. The molecule has 5 aromatic rings. The average Bonchev–Trinajstić information content (AvgIpc) is 3.34. The van der Waals surface area contributed by atoms with E-state index in [-0.39, 0.29) is 11.6 Å². The third kappa shape index (κ3) is 4.93. The fourth-order valence-corrected chi connectivity index (χ4v) is 7.01. The summed E-state index contributed by atoms with van der Waals surface area (Å²) in [6.45, 7) is 0.443. The van der Waals surface area contributed by atoms with E-state index in [0.717, 1.165) is 45.3 Å². The predicted molar refractivity (Wildman–Crippen MR) is 171 cm³/mol. The quantitative estimate of drug-likeness (QED) is 0.210. The van der Waals surface area contributed by atoms with Crippen LogP contribution in [0.25, 0.3) is 11.8 Å². The minimum atomic E-state index is -0.205. The summed E-state index contributed by atoms with van der Waals surface area (Å²) in [6.07, 6.45) is 3.71. The molecule has 1 atom stereocenters. The highest BCUT2D eigenvalue weighted by atomic mass is 79.9. The van der Waals surface area contributed by atoms with Crippen LogP contribution in [-0.4, -0.2) is 11.7 Å². The van der Waals surface area contributed by atoms with Crippen LogP contribution >= 0.6 is 27.3 Å². The SMILES string of the molecule is COc1cc(/C=c2\sc3n(c2=O)[C@@H](c2ccc(Br)cc2)C2=C(N=3)c3ccccc3CC2)ccc1OCc1ccccc1. The zero-order valence-electron chi connectivity index (χ0n) is 22.9. The van der Waals surface area contributed by atoms with E-state index in [0.29, 0.717) is 27.4 Å². The molecule has 0 saturated heterocycles. The molecule has 0 amide bonds. The molecule has 4 aromatic carbocycles. The van der Waals surface area contributed by atoms with Crippen LogP contribution in [0, 0.1) is 0 Å². The van der Waals surface area contributed by atoms with Crippen LogP contribution in [0.1, 0.15) is 40.3 Å². The summed E-state index contributed by atoms with van der Waals surface area (Å²) in [6, 6.07) is 32.3. The minimum Gasteiger partial charge on any atom is -0.493 e. The van der Waals surface area contributed by atoms with Crippen LogP contribution < -0.4 is 24.4 Å². The number of halogens is 1. The Balaban J connectivity index is 1.32. The molecule has 1 aliphatic heterocycles. The Morgan fingerprint density at radius 2 is 1.74 bits per heavy atom. The standard InChI is InChI=1S/C35H27BrN2O3S/c1-40-30-19-23(11-18-29(30)41-21-22-7-3-2-4-8-22)20-31-34(39)38-33(25-12-15-26(36)16-13-25)28-17-14-24-9-5-6-10-27(24)32(28)37-35(38)42-31/h2-13,15-16,18-20,33H,14,17,21H2,1H3/b31-20-/t33-/m0/s1. The van der Waals surface area contributed by atoms with Gasteiger partial charge < -0.3 is 9.47 Å². The maximum atomic E-state index is 14.1. The van der Waals surface area contributed by atoms with Gasteiger partial charge in [0.1, 0.15) is 6.61 Å². The molecule has 0 fully saturated rings. The lowest BCUT2D eigenvalue weighted by Crippen LogP contribution is -2.38. The number of nitrogens with zero attached hydrogens (tertiary/aromatic N) is 2. The molecule has 0 unspecified atom stereocenters. The molecule has 5 nitrogen and oxygen atoms in total. The fraction of sp³-hybridized carbons (Fsp3) is 0.143. The Labute approximate surface area is 255 Å². The van der Waals surface area contributed by atoms with Crippen LogP contribution in [-0.2, 0) is 13.0 Å². The summed E-state index contributed by atoms with van der Waals surface area (Å²) in [5, 5.41) is 0. The molecular weight excluding hydrogens is 608 g/mol. The number of allylic oxidation sites excluding steroid dienone is 1. The molecule has 0 N–H and O–H groups in total. The van der Waals surface area contributed by atoms with E-state index in [4.69, 9.17) is 14.5 Å². The van der Waals surface area contributed by atoms with Crippen molar-refractivity contribution in [3.05, 3.63) is 155 Å². The van der Waals surface area contributed by atoms with E-state index in [1.165, 1.54) is 22.5 Å². The van der Waals surface area contributed by atoms with E-state index >= 15 is 0 Å². The lowest BCUT2D eigenvalue weighted by atomic mass is 9.83. The number of aromatic nitrogens is 1. The molecule has 208 valence electrons. The van der Waals surface area contributed by atoms with Gasteiger partial charge in [-0.25, -0.2) is 4.99 Å². The van der Waals surface area contributed by atoms with Gasteiger partial charge in [0.05, 0.1) is 23.4 Å². The van der Waals surface area contributed by atoms with E-state index < -0.39 is 0 Å². The van der Waals surface area contributed by atoms with Gasteiger partial charge in [-0.3, -0.25) is 9.36 Å². The van der Waals surface area contributed by atoms with Crippen molar-refractivity contribution in [2.24, 2.45) is 4.99 Å². The Morgan fingerprint density at radius 1 is 0.952 bits per heavy atom. The number of hydrogen-bond acceptors (Lipinski definition) is 5. The minimum absolute atomic E-state index is 0.0413. The first kappa shape index (κ1) is 26.7. The Bertz CT molecular complexity index is 2010. The summed E-state index contributed by atoms with van der Waals surface area (Å²) in [5.74, 6) is 1.27. The molecule has 0 bridgehead atoms. The maximum Gasteiger partial charge on any atom is 0.271 e. The largest absolute Gasteiger partial charge is 0.493 e. The second kappa shape index (κ2) is 11.2. The molecule has 7 heteroatoms. The predicted octanol–water partition coefficient (Wildman–Crippen LogP) is 6.67. The summed E-state index contributed by atoms with van der Waals surface area (Å²) >= 11 is 4.99. The third-order valence-electron chi connectivity index (χ3n) is 7.78. The van der Waals surface area contributed by atoms with E-state index in [2.05, 4.69) is 52.3 Å². The molecule has 2 aliphatic rings. The van der Waals surface area contributed by atoms with Crippen LogP contribution in [0.15, 0.2) is 117 Å². The van der Waals surface area contributed by atoms with Gasteiger partial charge in [-0.05, 0) is 71.0 Å². The highest BCUT2D eigenvalue weighted by molar-refractivity contribution is 9.10. The normalized spacial score (nSPS) is 15.9. The fourth-order valence-electron chi connectivity index (χ4n) is 5.75. The molecule has 0 radical (unpaired) electrons. The molecule has 42 heavy (non-hydrogen) atoms. The first-order valence-electron chi connectivity index (χ1n) is 13.8. The van der Waals surface area contributed by atoms with E-state index in [9.17, 15) is 4.79 Å². The summed E-state index contributed by atoms with van der Waals surface area (Å²) in [7, 11) is 1.63. The average molecular weight is 636 g/mol. The van der Waals surface area contributed by atoms with Crippen LogP contribution in [0.4, 0.5) is 0 Å². The number of benzene rings is 4. The first-order valence-corrected chi connectivity index (χ1v) is 15.4. The molecule has 2 heterocycles. The maximum absolute atomic E-state index is 14.1. The second-order valence-electron chi connectivity index (χ2n) is 10.3. The lowest BCUT2D eigenvalue weighted by molar-refractivity contribution is 0.284. The molecule has 7 rings (SSSR count). The van der Waals surface area contributed by atoms with Crippen LogP contribution in [0.3, 0.4) is 0 Å². The van der Waals surface area contributed by atoms with Gasteiger partial charge in [-0.15, -0.1) is 0 Å². The number of fused-ring (bicyclic) bond motifs is 3. The van der Waals surface area contributed by atoms with Crippen molar-refractivity contribution >= 4 is 39.0 Å². The number of thiazole rings is 1. The van der Waals surface area contributed by atoms with Crippen molar-refractivity contribution in [2.75, 3.05) is 7.11 Å². The smallest absolute Gasteiger partial charge is 0.271 e. The second-order valence-corrected chi connectivity index (χ2v) is 12.3.